The molecule has 0 rings (SSSR count). The first kappa shape index (κ1) is 17.9. The smallest absolute Gasteiger partial charge is 0.238 e. The second kappa shape index (κ2) is 9.79. The Kier molecular flexibility index (Phi) is 9.74. The van der Waals surface area contributed by atoms with Gasteiger partial charge in [-0.1, -0.05) is 48.5 Å². The van der Waals surface area contributed by atoms with E-state index >= 15 is 0 Å². The lowest BCUT2D eigenvalue weighted by atomic mass is 10.1. The van der Waals surface area contributed by atoms with Gasteiger partial charge >= 0.3 is 0 Å². The van der Waals surface area contributed by atoms with Crippen LogP contribution in [0.3, 0.4) is 0 Å². The van der Waals surface area contributed by atoms with Crippen molar-refractivity contribution in [2.75, 3.05) is 19.7 Å². The van der Waals surface area contributed by atoms with E-state index < -0.39 is 4.32 Å². The highest BCUT2D eigenvalue weighted by molar-refractivity contribution is 9.10. The second-order valence-corrected chi connectivity index (χ2v) is 7.24. The lowest BCUT2D eigenvalue weighted by Gasteiger charge is -2.28. The van der Waals surface area contributed by atoms with Crippen molar-refractivity contribution < 1.29 is 9.90 Å². The van der Waals surface area contributed by atoms with E-state index in [9.17, 15) is 4.79 Å². The Morgan fingerprint density at radius 2 is 1.67 bits per heavy atom. The number of halogens is 1. The summed E-state index contributed by atoms with van der Waals surface area (Å²) < 4.78 is -0.508. The average molecular weight is 322 g/mol. The normalized spacial score (nSPS) is 11.6. The third-order valence-corrected chi connectivity index (χ3v) is 3.25. The number of carbonyl (C=O) groups is 1. The number of aliphatic hydroxyl groups excluding tert-OH is 1. The van der Waals surface area contributed by atoms with Crippen LogP contribution in [0.2, 0.25) is 0 Å². The summed E-state index contributed by atoms with van der Waals surface area (Å²) in [5.74, 6) is 0.117. The highest BCUT2D eigenvalue weighted by Gasteiger charge is 2.28. The topological polar surface area (TPSA) is 40.5 Å². The van der Waals surface area contributed by atoms with Crippen molar-refractivity contribution in [3.05, 3.63) is 0 Å². The minimum Gasteiger partial charge on any atom is -0.396 e. The van der Waals surface area contributed by atoms with Crippen molar-refractivity contribution in [2.24, 2.45) is 0 Å². The van der Waals surface area contributed by atoms with E-state index in [-0.39, 0.29) is 12.5 Å². The van der Waals surface area contributed by atoms with Gasteiger partial charge in [0.25, 0.3) is 0 Å². The summed E-state index contributed by atoms with van der Waals surface area (Å²) in [6, 6.07) is 0. The highest BCUT2D eigenvalue weighted by atomic mass is 79.9. The molecule has 0 unspecified atom stereocenters. The molecule has 4 heteroatoms. The molecule has 1 amide bonds. The quantitative estimate of drug-likeness (QED) is 0.495. The number of hydrogen-bond acceptors (Lipinski definition) is 2. The molecular formula is C14H28BrNO2. The number of nitrogens with zero attached hydrogens (tertiary/aromatic N) is 1. The van der Waals surface area contributed by atoms with Crippen molar-refractivity contribution >= 4 is 21.8 Å². The largest absolute Gasteiger partial charge is 0.396 e. The van der Waals surface area contributed by atoms with Gasteiger partial charge in [-0.05, 0) is 26.7 Å². The van der Waals surface area contributed by atoms with Crippen LogP contribution in [0.5, 0.6) is 0 Å². The second-order valence-electron chi connectivity index (χ2n) is 5.26. The van der Waals surface area contributed by atoms with E-state index in [1.165, 1.54) is 25.7 Å². The maximum atomic E-state index is 12.2. The molecule has 108 valence electrons. The zero-order valence-electron chi connectivity index (χ0n) is 12.0. The molecule has 0 atom stereocenters. The highest BCUT2D eigenvalue weighted by Crippen LogP contribution is 2.20. The van der Waals surface area contributed by atoms with Gasteiger partial charge in [0.05, 0.1) is 4.32 Å². The van der Waals surface area contributed by atoms with Gasteiger partial charge in [-0.2, -0.15) is 0 Å². The molecule has 0 aromatic rings. The van der Waals surface area contributed by atoms with Crippen LogP contribution in [0, 0.1) is 0 Å². The number of amides is 1. The molecule has 0 fully saturated rings. The lowest BCUT2D eigenvalue weighted by molar-refractivity contribution is -0.133. The number of alkyl halides is 1. The molecule has 0 aliphatic rings. The molecule has 0 radical (unpaired) electrons. The molecular weight excluding hydrogens is 294 g/mol. The maximum absolute atomic E-state index is 12.2. The standard InChI is InChI=1S/C14H28BrNO2/c1-4-5-6-7-8-10-16(11-9-12-17)13(18)14(2,3)15/h17H,4-12H2,1-3H3. The molecule has 0 aliphatic carbocycles. The molecule has 1 N–H and O–H groups in total. The molecule has 18 heavy (non-hydrogen) atoms. The molecule has 3 nitrogen and oxygen atoms in total. The van der Waals surface area contributed by atoms with Crippen LogP contribution in [-0.2, 0) is 4.79 Å². The van der Waals surface area contributed by atoms with E-state index in [0.717, 1.165) is 13.0 Å². The van der Waals surface area contributed by atoms with E-state index in [2.05, 4.69) is 22.9 Å². The summed E-state index contributed by atoms with van der Waals surface area (Å²) in [5.41, 5.74) is 0. The van der Waals surface area contributed by atoms with Gasteiger partial charge in [0, 0.05) is 19.7 Å². The fourth-order valence-electron chi connectivity index (χ4n) is 1.86. The Hall–Kier alpha value is -0.0900. The van der Waals surface area contributed by atoms with Gasteiger partial charge in [0.15, 0.2) is 0 Å². The summed E-state index contributed by atoms with van der Waals surface area (Å²) in [7, 11) is 0. The molecule has 0 aromatic carbocycles. The van der Waals surface area contributed by atoms with E-state index in [4.69, 9.17) is 5.11 Å². The third kappa shape index (κ3) is 8.09. The van der Waals surface area contributed by atoms with Crippen molar-refractivity contribution in [2.45, 2.75) is 63.6 Å². The Balaban J connectivity index is 4.11. The van der Waals surface area contributed by atoms with Crippen LogP contribution < -0.4 is 0 Å². The van der Waals surface area contributed by atoms with Gasteiger partial charge < -0.3 is 10.0 Å². The van der Waals surface area contributed by atoms with Gasteiger partial charge in [-0.15, -0.1) is 0 Å². The fourth-order valence-corrected chi connectivity index (χ4v) is 2.11. The Morgan fingerprint density at radius 1 is 1.11 bits per heavy atom. The van der Waals surface area contributed by atoms with Crippen molar-refractivity contribution in [1.82, 2.24) is 4.90 Å². The predicted molar refractivity (Wildman–Crippen MR) is 80.0 cm³/mol. The SMILES string of the molecule is CCCCCCCN(CCCO)C(=O)C(C)(C)Br. The van der Waals surface area contributed by atoms with Crippen molar-refractivity contribution in [3.8, 4) is 0 Å². The number of unbranched alkanes of at least 4 members (excludes halogenated alkanes) is 4. The zero-order valence-corrected chi connectivity index (χ0v) is 13.6. The third-order valence-electron chi connectivity index (χ3n) is 2.91. The summed E-state index contributed by atoms with van der Waals surface area (Å²) in [6.07, 6.45) is 6.65. The van der Waals surface area contributed by atoms with Gasteiger partial charge in [-0.25, -0.2) is 0 Å². The van der Waals surface area contributed by atoms with Crippen LogP contribution in [-0.4, -0.2) is 39.9 Å². The van der Waals surface area contributed by atoms with E-state index in [0.29, 0.717) is 13.0 Å². The summed E-state index contributed by atoms with van der Waals surface area (Å²) in [4.78, 5) is 14.1. The lowest BCUT2D eigenvalue weighted by Crippen LogP contribution is -2.42. The number of carbonyl (C=O) groups excluding carboxylic acids is 1. The predicted octanol–water partition coefficient (Wildman–Crippen LogP) is 3.34. The molecule has 0 aromatic heterocycles. The Morgan fingerprint density at radius 3 is 2.17 bits per heavy atom. The Bertz CT molecular complexity index is 226. The molecule has 0 saturated carbocycles. The van der Waals surface area contributed by atoms with Gasteiger partial charge in [0.1, 0.15) is 0 Å². The van der Waals surface area contributed by atoms with Gasteiger partial charge in [-0.3, -0.25) is 4.79 Å². The molecule has 0 saturated heterocycles. The molecule has 0 bridgehead atoms. The summed E-state index contributed by atoms with van der Waals surface area (Å²) in [5, 5.41) is 8.89. The number of hydrogen-bond donors (Lipinski definition) is 1. The zero-order chi connectivity index (χ0) is 14.0. The van der Waals surface area contributed by atoms with Crippen LogP contribution in [0.25, 0.3) is 0 Å². The monoisotopic (exact) mass is 321 g/mol. The minimum absolute atomic E-state index is 0.117. The van der Waals surface area contributed by atoms with Crippen LogP contribution in [0.4, 0.5) is 0 Å². The first-order chi connectivity index (χ1) is 8.43. The fraction of sp³-hybridized carbons (Fsp3) is 0.929. The molecule has 0 aliphatic heterocycles. The summed E-state index contributed by atoms with van der Waals surface area (Å²) in [6.45, 7) is 7.54. The summed E-state index contributed by atoms with van der Waals surface area (Å²) >= 11 is 3.42. The van der Waals surface area contributed by atoms with Gasteiger partial charge in [0.2, 0.25) is 5.91 Å². The van der Waals surface area contributed by atoms with Crippen LogP contribution in [0.1, 0.15) is 59.3 Å². The first-order valence-corrected chi connectivity index (χ1v) is 7.82. The average Bonchev–Trinajstić information content (AvgIpc) is 2.30. The van der Waals surface area contributed by atoms with E-state index in [1.807, 2.05) is 18.7 Å². The number of aliphatic hydroxyl groups is 1. The van der Waals surface area contributed by atoms with Crippen molar-refractivity contribution in [1.29, 1.82) is 0 Å². The van der Waals surface area contributed by atoms with Crippen molar-refractivity contribution in [3.63, 3.8) is 0 Å². The van der Waals surface area contributed by atoms with E-state index in [1.54, 1.807) is 0 Å². The maximum Gasteiger partial charge on any atom is 0.238 e. The van der Waals surface area contributed by atoms with Crippen LogP contribution in [0.15, 0.2) is 0 Å². The van der Waals surface area contributed by atoms with Crippen LogP contribution >= 0.6 is 15.9 Å². The first-order valence-electron chi connectivity index (χ1n) is 7.02. The molecule has 0 heterocycles. The Labute approximate surface area is 120 Å². The number of rotatable bonds is 10. The minimum atomic E-state index is -0.508. The molecule has 0 spiro atoms.